The van der Waals surface area contributed by atoms with Crippen molar-refractivity contribution in [2.24, 2.45) is 5.92 Å². The maximum Gasteiger partial charge on any atom is 0.221 e. The van der Waals surface area contributed by atoms with E-state index in [1.807, 2.05) is 12.1 Å². The number of hydrogen-bond acceptors (Lipinski definition) is 4. The molecule has 1 saturated heterocycles. The highest BCUT2D eigenvalue weighted by Crippen LogP contribution is 2.20. The molecule has 0 unspecified atom stereocenters. The molecular formula is C20H33N3O2. The predicted octanol–water partition coefficient (Wildman–Crippen LogP) is 2.87. The normalized spacial score (nSPS) is 16.8. The van der Waals surface area contributed by atoms with Crippen LogP contribution >= 0.6 is 0 Å². The van der Waals surface area contributed by atoms with Gasteiger partial charge in [0.1, 0.15) is 0 Å². The summed E-state index contributed by atoms with van der Waals surface area (Å²) in [6.45, 7) is 11.7. The molecule has 2 rings (SSSR count). The van der Waals surface area contributed by atoms with Gasteiger partial charge in [0.25, 0.3) is 0 Å². The highest BCUT2D eigenvalue weighted by atomic mass is 16.5. The van der Waals surface area contributed by atoms with E-state index >= 15 is 0 Å². The molecule has 1 fully saturated rings. The third-order valence-electron chi connectivity index (χ3n) is 5.06. The zero-order valence-electron chi connectivity index (χ0n) is 15.9. The Labute approximate surface area is 152 Å². The number of anilines is 1. The van der Waals surface area contributed by atoms with E-state index in [0.717, 1.165) is 45.1 Å². The smallest absolute Gasteiger partial charge is 0.221 e. The molecule has 5 nitrogen and oxygen atoms in total. The van der Waals surface area contributed by atoms with Gasteiger partial charge in [-0.05, 0) is 23.6 Å². The van der Waals surface area contributed by atoms with E-state index in [9.17, 15) is 4.79 Å². The number of rotatable bonds is 9. The van der Waals surface area contributed by atoms with Crippen molar-refractivity contribution in [3.63, 3.8) is 0 Å². The second-order valence-electron chi connectivity index (χ2n) is 6.80. The number of nitrogens with zero attached hydrogens (tertiary/aromatic N) is 1. The second kappa shape index (κ2) is 10.5. The fourth-order valence-electron chi connectivity index (χ4n) is 3.61. The lowest BCUT2D eigenvalue weighted by Crippen LogP contribution is -2.51. The molecule has 1 aromatic rings. The van der Waals surface area contributed by atoms with Gasteiger partial charge in [0.05, 0.1) is 13.2 Å². The van der Waals surface area contributed by atoms with E-state index < -0.39 is 0 Å². The molecule has 2 N–H and O–H groups in total. The van der Waals surface area contributed by atoms with E-state index in [0.29, 0.717) is 12.0 Å². The minimum atomic E-state index is -0.0376. The number of amides is 1. The standard InChI is InChI=1S/C20H33N3O2/c1-4-18(5-2)20(23-10-12-25-13-11-23)15-21-14-17-6-8-19(9-7-17)22-16(3)24/h6-9,18,20-21H,4-5,10-15H2,1-3H3,(H,22,24)/t20-/m1/s1. The van der Waals surface area contributed by atoms with Crippen LogP contribution in [0.2, 0.25) is 0 Å². The summed E-state index contributed by atoms with van der Waals surface area (Å²) in [5.41, 5.74) is 2.08. The fraction of sp³-hybridized carbons (Fsp3) is 0.650. The minimum Gasteiger partial charge on any atom is -0.379 e. The predicted molar refractivity (Wildman–Crippen MR) is 103 cm³/mol. The summed E-state index contributed by atoms with van der Waals surface area (Å²) in [5.74, 6) is 0.678. The lowest BCUT2D eigenvalue weighted by molar-refractivity contribution is -0.114. The van der Waals surface area contributed by atoms with Gasteiger partial charge >= 0.3 is 0 Å². The van der Waals surface area contributed by atoms with Gasteiger partial charge in [-0.25, -0.2) is 0 Å². The number of benzene rings is 1. The van der Waals surface area contributed by atoms with Gasteiger partial charge < -0.3 is 15.4 Å². The molecule has 1 amide bonds. The van der Waals surface area contributed by atoms with Crippen LogP contribution in [0.4, 0.5) is 5.69 Å². The fourth-order valence-corrected chi connectivity index (χ4v) is 3.61. The molecule has 1 heterocycles. The van der Waals surface area contributed by atoms with Gasteiger partial charge in [0.15, 0.2) is 0 Å². The molecule has 0 radical (unpaired) electrons. The van der Waals surface area contributed by atoms with Crippen molar-refractivity contribution in [1.82, 2.24) is 10.2 Å². The first-order valence-corrected chi connectivity index (χ1v) is 9.53. The van der Waals surface area contributed by atoms with E-state index in [4.69, 9.17) is 4.74 Å². The Morgan fingerprint density at radius 1 is 1.16 bits per heavy atom. The largest absolute Gasteiger partial charge is 0.379 e. The van der Waals surface area contributed by atoms with Crippen molar-refractivity contribution >= 4 is 11.6 Å². The minimum absolute atomic E-state index is 0.0376. The molecule has 1 aliphatic heterocycles. The van der Waals surface area contributed by atoms with Crippen LogP contribution in [0, 0.1) is 5.92 Å². The molecule has 25 heavy (non-hydrogen) atoms. The summed E-state index contributed by atoms with van der Waals surface area (Å²) in [6.07, 6.45) is 2.43. The number of carbonyl (C=O) groups excluding carboxylic acids is 1. The number of hydrogen-bond donors (Lipinski definition) is 2. The topological polar surface area (TPSA) is 53.6 Å². The summed E-state index contributed by atoms with van der Waals surface area (Å²) in [4.78, 5) is 13.7. The van der Waals surface area contributed by atoms with Crippen LogP contribution in [0.25, 0.3) is 0 Å². The quantitative estimate of drug-likeness (QED) is 0.721. The maximum atomic E-state index is 11.1. The van der Waals surface area contributed by atoms with E-state index in [1.165, 1.54) is 25.3 Å². The lowest BCUT2D eigenvalue weighted by atomic mass is 9.92. The molecule has 1 atom stereocenters. The molecule has 0 spiro atoms. The Bertz CT molecular complexity index is 508. The SMILES string of the molecule is CCC(CC)[C@@H](CNCc1ccc(NC(C)=O)cc1)N1CCOCC1. The van der Waals surface area contributed by atoms with Crippen molar-refractivity contribution in [3.8, 4) is 0 Å². The second-order valence-corrected chi connectivity index (χ2v) is 6.80. The van der Waals surface area contributed by atoms with E-state index in [1.54, 1.807) is 0 Å². The van der Waals surface area contributed by atoms with Gasteiger partial charge in [-0.15, -0.1) is 0 Å². The molecule has 0 aliphatic carbocycles. The average molecular weight is 348 g/mol. The molecular weight excluding hydrogens is 314 g/mol. The zero-order valence-corrected chi connectivity index (χ0v) is 15.9. The molecule has 0 saturated carbocycles. The van der Waals surface area contributed by atoms with Gasteiger partial charge in [-0.1, -0.05) is 38.8 Å². The summed E-state index contributed by atoms with van der Waals surface area (Å²) >= 11 is 0. The first kappa shape index (κ1) is 19.9. The molecule has 1 aromatic carbocycles. The molecule has 0 aromatic heterocycles. The summed E-state index contributed by atoms with van der Waals surface area (Å²) in [7, 11) is 0. The molecule has 1 aliphatic rings. The van der Waals surface area contributed by atoms with Crippen LogP contribution in [-0.4, -0.2) is 49.7 Å². The van der Waals surface area contributed by atoms with Gasteiger partial charge in [-0.2, -0.15) is 0 Å². The Morgan fingerprint density at radius 3 is 2.36 bits per heavy atom. The van der Waals surface area contributed by atoms with Crippen molar-refractivity contribution in [2.75, 3.05) is 38.2 Å². The van der Waals surface area contributed by atoms with Crippen molar-refractivity contribution in [1.29, 1.82) is 0 Å². The molecule has 140 valence electrons. The van der Waals surface area contributed by atoms with Crippen LogP contribution in [0.3, 0.4) is 0 Å². The number of morpholine rings is 1. The number of ether oxygens (including phenoxy) is 1. The van der Waals surface area contributed by atoms with Gasteiger partial charge in [0.2, 0.25) is 5.91 Å². The Balaban J connectivity index is 1.87. The first-order chi connectivity index (χ1) is 12.1. The first-order valence-electron chi connectivity index (χ1n) is 9.53. The van der Waals surface area contributed by atoms with Crippen molar-refractivity contribution < 1.29 is 9.53 Å². The maximum absolute atomic E-state index is 11.1. The summed E-state index contributed by atoms with van der Waals surface area (Å²) in [6, 6.07) is 8.62. The van der Waals surface area contributed by atoms with Crippen LogP contribution in [0.1, 0.15) is 39.2 Å². The van der Waals surface area contributed by atoms with E-state index in [-0.39, 0.29) is 5.91 Å². The van der Waals surface area contributed by atoms with Gasteiger partial charge in [-0.3, -0.25) is 9.69 Å². The molecule has 5 heteroatoms. The van der Waals surface area contributed by atoms with Crippen LogP contribution in [0.5, 0.6) is 0 Å². The Morgan fingerprint density at radius 2 is 1.80 bits per heavy atom. The summed E-state index contributed by atoms with van der Waals surface area (Å²) in [5, 5.41) is 6.44. The monoisotopic (exact) mass is 347 g/mol. The van der Waals surface area contributed by atoms with Crippen LogP contribution < -0.4 is 10.6 Å². The third-order valence-corrected chi connectivity index (χ3v) is 5.06. The molecule has 0 bridgehead atoms. The lowest BCUT2D eigenvalue weighted by Gasteiger charge is -2.39. The van der Waals surface area contributed by atoms with Crippen LogP contribution in [0.15, 0.2) is 24.3 Å². The Hall–Kier alpha value is -1.43. The Kier molecular flexibility index (Phi) is 8.38. The van der Waals surface area contributed by atoms with Crippen LogP contribution in [-0.2, 0) is 16.1 Å². The van der Waals surface area contributed by atoms with E-state index in [2.05, 4.69) is 41.5 Å². The third kappa shape index (κ3) is 6.42. The zero-order chi connectivity index (χ0) is 18.1. The highest BCUT2D eigenvalue weighted by molar-refractivity contribution is 5.88. The average Bonchev–Trinajstić information content (AvgIpc) is 2.63. The highest BCUT2D eigenvalue weighted by Gasteiger charge is 2.26. The van der Waals surface area contributed by atoms with Gasteiger partial charge in [0, 0.05) is 44.8 Å². The number of nitrogens with one attached hydrogen (secondary N) is 2. The summed E-state index contributed by atoms with van der Waals surface area (Å²) < 4.78 is 5.52. The van der Waals surface area contributed by atoms with Crippen molar-refractivity contribution in [2.45, 2.75) is 46.2 Å². The van der Waals surface area contributed by atoms with Crippen molar-refractivity contribution in [3.05, 3.63) is 29.8 Å². The number of carbonyl (C=O) groups is 1.